The fraction of sp³-hybridized carbons (Fsp3) is 0.364. The van der Waals surface area contributed by atoms with Crippen molar-refractivity contribution in [1.29, 1.82) is 0 Å². The van der Waals surface area contributed by atoms with E-state index in [2.05, 4.69) is 5.32 Å². The molecule has 0 bridgehead atoms. The molecule has 0 aliphatic carbocycles. The Morgan fingerprint density at radius 3 is 2.88 bits per heavy atom. The first-order chi connectivity index (χ1) is 8.04. The van der Waals surface area contributed by atoms with Crippen LogP contribution >= 0.6 is 11.6 Å². The Bertz CT molecular complexity index is 400. The third kappa shape index (κ3) is 4.20. The lowest BCUT2D eigenvalue weighted by Gasteiger charge is -2.15. The van der Waals surface area contributed by atoms with Gasteiger partial charge < -0.3 is 15.2 Å². The number of aliphatic carboxylic acids is 1. The zero-order valence-corrected chi connectivity index (χ0v) is 10.00. The second-order valence-electron chi connectivity index (χ2n) is 3.41. The molecule has 1 aromatic rings. The number of nitrogens with one attached hydrogen (secondary N) is 1. The van der Waals surface area contributed by atoms with Crippen LogP contribution in [0.15, 0.2) is 18.2 Å². The molecule has 1 atom stereocenters. The van der Waals surface area contributed by atoms with E-state index in [1.807, 2.05) is 0 Å². The van der Waals surface area contributed by atoms with E-state index in [0.717, 1.165) is 12.1 Å². The van der Waals surface area contributed by atoms with Gasteiger partial charge in [-0.05, 0) is 31.8 Å². The second kappa shape index (κ2) is 6.42. The first-order valence-corrected chi connectivity index (χ1v) is 5.41. The molecular formula is C11H13ClFNO3. The van der Waals surface area contributed by atoms with Crippen LogP contribution < -0.4 is 10.1 Å². The smallest absolute Gasteiger partial charge is 0.344 e. The average molecular weight is 262 g/mol. The predicted octanol–water partition coefficient (Wildman–Crippen LogP) is 1.92. The van der Waals surface area contributed by atoms with E-state index in [4.69, 9.17) is 21.4 Å². The maximum Gasteiger partial charge on any atom is 0.344 e. The minimum atomic E-state index is -1.08. The zero-order valence-electron chi connectivity index (χ0n) is 9.24. The van der Waals surface area contributed by atoms with Gasteiger partial charge in [-0.2, -0.15) is 0 Å². The molecule has 6 heteroatoms. The number of rotatable bonds is 6. The molecule has 0 spiro atoms. The van der Waals surface area contributed by atoms with Gasteiger partial charge in [-0.25, -0.2) is 9.18 Å². The molecule has 94 valence electrons. The molecule has 4 nitrogen and oxygen atoms in total. The Labute approximate surface area is 103 Å². The van der Waals surface area contributed by atoms with E-state index in [1.165, 1.54) is 6.07 Å². The van der Waals surface area contributed by atoms with Gasteiger partial charge in [0.2, 0.25) is 0 Å². The van der Waals surface area contributed by atoms with E-state index < -0.39 is 17.9 Å². The van der Waals surface area contributed by atoms with Gasteiger partial charge in [0, 0.05) is 6.42 Å². The van der Waals surface area contributed by atoms with Crippen LogP contribution in [-0.2, 0) is 4.79 Å². The summed E-state index contributed by atoms with van der Waals surface area (Å²) in [4.78, 5) is 10.9. The largest absolute Gasteiger partial charge is 0.479 e. The molecule has 17 heavy (non-hydrogen) atoms. The minimum absolute atomic E-state index is 0.0562. The van der Waals surface area contributed by atoms with Crippen molar-refractivity contribution in [2.45, 2.75) is 12.5 Å². The summed E-state index contributed by atoms with van der Waals surface area (Å²) in [5.41, 5.74) is 0. The Morgan fingerprint density at radius 1 is 1.65 bits per heavy atom. The predicted molar refractivity (Wildman–Crippen MR) is 62.0 cm³/mol. The topological polar surface area (TPSA) is 58.6 Å². The summed E-state index contributed by atoms with van der Waals surface area (Å²) in [6.07, 6.45) is -0.718. The molecule has 0 radical (unpaired) electrons. The summed E-state index contributed by atoms with van der Waals surface area (Å²) in [5, 5.41) is 11.8. The molecule has 1 unspecified atom stereocenters. The average Bonchev–Trinajstić information content (AvgIpc) is 2.26. The number of benzene rings is 1. The highest BCUT2D eigenvalue weighted by Crippen LogP contribution is 2.26. The lowest BCUT2D eigenvalue weighted by Crippen LogP contribution is -2.30. The Kier molecular flexibility index (Phi) is 5.18. The van der Waals surface area contributed by atoms with Crippen molar-refractivity contribution in [3.63, 3.8) is 0 Å². The number of ether oxygens (including phenoxy) is 1. The van der Waals surface area contributed by atoms with Crippen LogP contribution in [0.5, 0.6) is 5.75 Å². The SMILES string of the molecule is CNCCC(Oc1ccc(F)cc1Cl)C(=O)O. The third-order valence-corrected chi connectivity index (χ3v) is 2.39. The monoisotopic (exact) mass is 261 g/mol. The molecule has 0 aliphatic heterocycles. The number of carboxylic acid groups (broad SMARTS) is 1. The first kappa shape index (κ1) is 13.7. The van der Waals surface area contributed by atoms with Gasteiger partial charge in [0.15, 0.2) is 6.10 Å². The van der Waals surface area contributed by atoms with Crippen molar-refractivity contribution in [2.24, 2.45) is 0 Å². The maximum atomic E-state index is 12.8. The van der Waals surface area contributed by atoms with Gasteiger partial charge in [0.25, 0.3) is 0 Å². The second-order valence-corrected chi connectivity index (χ2v) is 3.82. The Balaban J connectivity index is 2.75. The number of carboxylic acids is 1. The number of halogens is 2. The normalized spacial score (nSPS) is 12.2. The molecule has 0 fully saturated rings. The van der Waals surface area contributed by atoms with Gasteiger partial charge in [0.05, 0.1) is 5.02 Å². The van der Waals surface area contributed by atoms with Gasteiger partial charge in [0.1, 0.15) is 11.6 Å². The summed E-state index contributed by atoms with van der Waals surface area (Å²) in [5.74, 6) is -1.42. The van der Waals surface area contributed by atoms with E-state index in [1.54, 1.807) is 7.05 Å². The molecule has 0 aromatic heterocycles. The summed E-state index contributed by atoms with van der Waals surface area (Å²) in [7, 11) is 1.71. The highest BCUT2D eigenvalue weighted by molar-refractivity contribution is 6.32. The van der Waals surface area contributed by atoms with Crippen molar-refractivity contribution < 1.29 is 19.0 Å². The number of carbonyl (C=O) groups is 1. The van der Waals surface area contributed by atoms with Crippen LogP contribution in [0.1, 0.15) is 6.42 Å². The van der Waals surface area contributed by atoms with Crippen LogP contribution in [0.25, 0.3) is 0 Å². The quantitative estimate of drug-likeness (QED) is 0.821. The summed E-state index contributed by atoms with van der Waals surface area (Å²) >= 11 is 5.74. The van der Waals surface area contributed by atoms with Gasteiger partial charge in [-0.1, -0.05) is 11.6 Å². The van der Waals surface area contributed by atoms with Crippen molar-refractivity contribution in [3.05, 3.63) is 29.0 Å². The van der Waals surface area contributed by atoms with Crippen LogP contribution in [0, 0.1) is 5.82 Å². The van der Waals surface area contributed by atoms with Crippen molar-refractivity contribution >= 4 is 17.6 Å². The van der Waals surface area contributed by atoms with Gasteiger partial charge in [-0.3, -0.25) is 0 Å². The molecule has 0 saturated heterocycles. The van der Waals surface area contributed by atoms with Crippen molar-refractivity contribution in [3.8, 4) is 5.75 Å². The molecular weight excluding hydrogens is 249 g/mol. The van der Waals surface area contributed by atoms with E-state index in [9.17, 15) is 9.18 Å². The first-order valence-electron chi connectivity index (χ1n) is 5.03. The number of hydrogen-bond acceptors (Lipinski definition) is 3. The highest BCUT2D eigenvalue weighted by Gasteiger charge is 2.20. The standard InChI is InChI=1S/C11H13ClFNO3/c1-14-5-4-10(11(15)16)17-9-3-2-7(13)6-8(9)12/h2-3,6,10,14H,4-5H2,1H3,(H,15,16). The molecule has 1 rings (SSSR count). The Hall–Kier alpha value is -1.33. The van der Waals surface area contributed by atoms with Crippen LogP contribution in [0.4, 0.5) is 4.39 Å². The third-order valence-electron chi connectivity index (χ3n) is 2.10. The summed E-state index contributed by atoms with van der Waals surface area (Å²) in [6, 6.07) is 3.55. The fourth-order valence-corrected chi connectivity index (χ4v) is 1.44. The van der Waals surface area contributed by atoms with Crippen LogP contribution in [0.2, 0.25) is 5.02 Å². The van der Waals surface area contributed by atoms with Gasteiger partial charge in [-0.15, -0.1) is 0 Å². The lowest BCUT2D eigenvalue weighted by atomic mass is 10.2. The van der Waals surface area contributed by atoms with E-state index in [-0.39, 0.29) is 10.8 Å². The molecule has 0 heterocycles. The Morgan fingerprint density at radius 2 is 2.35 bits per heavy atom. The van der Waals surface area contributed by atoms with Crippen LogP contribution in [0.3, 0.4) is 0 Å². The molecule has 0 saturated carbocycles. The summed E-state index contributed by atoms with van der Waals surface area (Å²) in [6.45, 7) is 0.496. The van der Waals surface area contributed by atoms with Gasteiger partial charge >= 0.3 is 5.97 Å². The molecule has 1 aromatic carbocycles. The fourth-order valence-electron chi connectivity index (χ4n) is 1.23. The van der Waals surface area contributed by atoms with E-state index in [0.29, 0.717) is 13.0 Å². The lowest BCUT2D eigenvalue weighted by molar-refractivity contribution is -0.145. The molecule has 0 amide bonds. The van der Waals surface area contributed by atoms with Crippen molar-refractivity contribution in [2.75, 3.05) is 13.6 Å². The number of hydrogen-bond donors (Lipinski definition) is 2. The van der Waals surface area contributed by atoms with Crippen LogP contribution in [-0.4, -0.2) is 30.8 Å². The summed E-state index contributed by atoms with van der Waals surface area (Å²) < 4.78 is 18.0. The molecule has 0 aliphatic rings. The highest BCUT2D eigenvalue weighted by atomic mass is 35.5. The minimum Gasteiger partial charge on any atom is -0.479 e. The van der Waals surface area contributed by atoms with E-state index >= 15 is 0 Å². The molecule has 2 N–H and O–H groups in total. The van der Waals surface area contributed by atoms with Crippen molar-refractivity contribution in [1.82, 2.24) is 5.32 Å². The maximum absolute atomic E-state index is 12.8. The zero-order chi connectivity index (χ0) is 12.8.